The minimum atomic E-state index is -0.744. The van der Waals surface area contributed by atoms with Crippen LogP contribution in [-0.2, 0) is 4.74 Å². The van der Waals surface area contributed by atoms with Crippen molar-refractivity contribution < 1.29 is 14.6 Å². The lowest BCUT2D eigenvalue weighted by molar-refractivity contribution is 0.0596. The summed E-state index contributed by atoms with van der Waals surface area (Å²) < 4.78 is 4.65. The number of carbonyl (C=O) groups is 1. The number of cyclic esters (lactones) is 1. The van der Waals surface area contributed by atoms with Gasteiger partial charge in [0.05, 0.1) is 11.6 Å². The lowest BCUT2D eigenvalue weighted by Crippen LogP contribution is -2.34. The molecule has 1 saturated heterocycles. The van der Waals surface area contributed by atoms with Crippen molar-refractivity contribution in [3.05, 3.63) is 0 Å². The predicted molar refractivity (Wildman–Crippen MR) is 39.2 cm³/mol. The molecule has 64 valence electrons. The van der Waals surface area contributed by atoms with Gasteiger partial charge >= 0.3 is 6.09 Å². The van der Waals surface area contributed by atoms with Crippen LogP contribution in [-0.4, -0.2) is 29.4 Å². The molecule has 0 spiro atoms. The molecule has 11 heavy (non-hydrogen) atoms. The van der Waals surface area contributed by atoms with Crippen molar-refractivity contribution in [2.24, 2.45) is 0 Å². The molecule has 1 atom stereocenters. The largest absolute Gasteiger partial charge is 0.447 e. The van der Waals surface area contributed by atoms with Crippen molar-refractivity contribution in [2.75, 3.05) is 6.61 Å². The van der Waals surface area contributed by atoms with Gasteiger partial charge in [0, 0.05) is 0 Å². The lowest BCUT2D eigenvalue weighted by Gasteiger charge is -2.19. The summed E-state index contributed by atoms with van der Waals surface area (Å²) in [7, 11) is 0. The van der Waals surface area contributed by atoms with Crippen molar-refractivity contribution in [3.8, 4) is 0 Å². The van der Waals surface area contributed by atoms with E-state index < -0.39 is 5.60 Å². The predicted octanol–water partition coefficient (Wildman–Crippen LogP) is 0.256. The van der Waals surface area contributed by atoms with Gasteiger partial charge in [-0.25, -0.2) is 4.79 Å². The van der Waals surface area contributed by atoms with E-state index in [0.717, 1.165) is 0 Å². The average molecular weight is 159 g/mol. The molecule has 0 radical (unpaired) electrons. The Morgan fingerprint density at radius 1 is 1.82 bits per heavy atom. The fourth-order valence-corrected chi connectivity index (χ4v) is 1.14. The molecule has 1 rings (SSSR count). The highest BCUT2D eigenvalue weighted by Crippen LogP contribution is 2.13. The maximum absolute atomic E-state index is 10.5. The van der Waals surface area contributed by atoms with E-state index in [2.05, 4.69) is 10.1 Å². The van der Waals surface area contributed by atoms with Crippen molar-refractivity contribution in [3.63, 3.8) is 0 Å². The van der Waals surface area contributed by atoms with Gasteiger partial charge in [0.1, 0.15) is 6.61 Å². The van der Waals surface area contributed by atoms with Gasteiger partial charge < -0.3 is 15.2 Å². The van der Waals surface area contributed by atoms with Crippen molar-refractivity contribution in [1.29, 1.82) is 0 Å². The van der Waals surface area contributed by atoms with E-state index in [1.165, 1.54) is 0 Å². The van der Waals surface area contributed by atoms with Gasteiger partial charge in [-0.3, -0.25) is 0 Å². The maximum Gasteiger partial charge on any atom is 0.407 e. The normalized spacial score (nSPS) is 24.6. The standard InChI is InChI=1S/C7H13NO3/c1-7(2,10)3-5-4-11-6(9)8-5/h5,10H,3-4H2,1-2H3,(H,8,9). The molecule has 2 N–H and O–H groups in total. The molecule has 1 fully saturated rings. The molecular weight excluding hydrogens is 146 g/mol. The van der Waals surface area contributed by atoms with Crippen LogP contribution in [0.3, 0.4) is 0 Å². The van der Waals surface area contributed by atoms with E-state index in [9.17, 15) is 9.90 Å². The zero-order chi connectivity index (χ0) is 8.48. The zero-order valence-corrected chi connectivity index (χ0v) is 6.76. The SMILES string of the molecule is CC(C)(O)CC1COC(=O)N1. The van der Waals surface area contributed by atoms with E-state index in [-0.39, 0.29) is 12.1 Å². The van der Waals surface area contributed by atoms with E-state index in [0.29, 0.717) is 13.0 Å². The first-order chi connectivity index (χ1) is 4.97. The lowest BCUT2D eigenvalue weighted by atomic mass is 10.0. The Hall–Kier alpha value is -0.770. The molecule has 0 aromatic rings. The molecule has 4 heteroatoms. The van der Waals surface area contributed by atoms with E-state index >= 15 is 0 Å². The van der Waals surface area contributed by atoms with Crippen LogP contribution < -0.4 is 5.32 Å². The molecule has 1 heterocycles. The zero-order valence-electron chi connectivity index (χ0n) is 6.76. The highest BCUT2D eigenvalue weighted by Gasteiger charge is 2.27. The Labute approximate surface area is 65.5 Å². The van der Waals surface area contributed by atoms with E-state index in [1.807, 2.05) is 0 Å². The van der Waals surface area contributed by atoms with Gasteiger partial charge in [0.2, 0.25) is 0 Å². The van der Waals surface area contributed by atoms with Crippen LogP contribution in [0.1, 0.15) is 20.3 Å². The Morgan fingerprint density at radius 3 is 2.82 bits per heavy atom. The van der Waals surface area contributed by atoms with Gasteiger partial charge in [0.15, 0.2) is 0 Å². The summed E-state index contributed by atoms with van der Waals surface area (Å²) in [5, 5.41) is 11.9. The van der Waals surface area contributed by atoms with Gasteiger partial charge in [0.25, 0.3) is 0 Å². The summed E-state index contributed by atoms with van der Waals surface area (Å²) in [4.78, 5) is 10.5. The highest BCUT2D eigenvalue weighted by atomic mass is 16.6. The second-order valence-electron chi connectivity index (χ2n) is 3.46. The van der Waals surface area contributed by atoms with Gasteiger partial charge in [-0.15, -0.1) is 0 Å². The number of hydrogen-bond donors (Lipinski definition) is 2. The highest BCUT2D eigenvalue weighted by molar-refractivity contribution is 5.69. The Morgan fingerprint density at radius 2 is 2.45 bits per heavy atom. The fraction of sp³-hybridized carbons (Fsp3) is 0.857. The maximum atomic E-state index is 10.5. The number of nitrogens with one attached hydrogen (secondary N) is 1. The second-order valence-corrected chi connectivity index (χ2v) is 3.46. The number of amides is 1. The van der Waals surface area contributed by atoms with Gasteiger partial charge in [-0.05, 0) is 20.3 Å². The summed E-state index contributed by atoms with van der Waals surface area (Å²) in [5.74, 6) is 0. The molecule has 0 saturated carbocycles. The smallest absolute Gasteiger partial charge is 0.407 e. The summed E-state index contributed by atoms with van der Waals surface area (Å²) in [6.07, 6.45) is 0.137. The molecule has 1 amide bonds. The number of hydrogen-bond acceptors (Lipinski definition) is 3. The number of alkyl carbamates (subject to hydrolysis) is 1. The second kappa shape index (κ2) is 2.70. The van der Waals surface area contributed by atoms with E-state index in [4.69, 9.17) is 0 Å². The quantitative estimate of drug-likeness (QED) is 0.607. The summed E-state index contributed by atoms with van der Waals surface area (Å²) in [6, 6.07) is -0.0394. The fourth-order valence-electron chi connectivity index (χ4n) is 1.14. The summed E-state index contributed by atoms with van der Waals surface area (Å²) in [5.41, 5.74) is -0.744. The van der Waals surface area contributed by atoms with Crippen LogP contribution in [0.4, 0.5) is 4.79 Å². The topological polar surface area (TPSA) is 58.6 Å². The summed E-state index contributed by atoms with van der Waals surface area (Å²) in [6.45, 7) is 3.78. The molecule has 1 unspecified atom stereocenters. The first-order valence-electron chi connectivity index (χ1n) is 3.63. The number of carbonyl (C=O) groups excluding carboxylic acids is 1. The molecular formula is C7H13NO3. The van der Waals surface area contributed by atoms with E-state index in [1.54, 1.807) is 13.8 Å². The third-order valence-electron chi connectivity index (χ3n) is 1.48. The molecule has 0 bridgehead atoms. The molecule has 0 aliphatic carbocycles. The minimum Gasteiger partial charge on any atom is -0.447 e. The first-order valence-corrected chi connectivity index (χ1v) is 3.63. The molecule has 4 nitrogen and oxygen atoms in total. The van der Waals surface area contributed by atoms with Crippen molar-refractivity contribution in [2.45, 2.75) is 31.9 Å². The van der Waals surface area contributed by atoms with Crippen molar-refractivity contribution >= 4 is 6.09 Å². The Kier molecular flexibility index (Phi) is 2.04. The third kappa shape index (κ3) is 2.76. The van der Waals surface area contributed by atoms with Gasteiger partial charge in [-0.1, -0.05) is 0 Å². The first kappa shape index (κ1) is 8.33. The number of aliphatic hydroxyl groups is 1. The summed E-state index contributed by atoms with van der Waals surface area (Å²) >= 11 is 0. The monoisotopic (exact) mass is 159 g/mol. The molecule has 0 aromatic carbocycles. The molecule has 0 aromatic heterocycles. The Bertz CT molecular complexity index is 162. The van der Waals surface area contributed by atoms with Crippen LogP contribution in [0.15, 0.2) is 0 Å². The van der Waals surface area contributed by atoms with Crippen LogP contribution in [0.2, 0.25) is 0 Å². The molecule has 1 aliphatic heterocycles. The average Bonchev–Trinajstić information content (AvgIpc) is 2.10. The molecule has 1 aliphatic rings. The van der Waals surface area contributed by atoms with Gasteiger partial charge in [-0.2, -0.15) is 0 Å². The van der Waals surface area contributed by atoms with Crippen LogP contribution >= 0.6 is 0 Å². The number of rotatable bonds is 2. The minimum absolute atomic E-state index is 0.0394. The van der Waals surface area contributed by atoms with Crippen LogP contribution in [0, 0.1) is 0 Å². The van der Waals surface area contributed by atoms with Crippen molar-refractivity contribution in [1.82, 2.24) is 5.32 Å². The number of ether oxygens (including phenoxy) is 1. The Balaban J connectivity index is 2.34. The van der Waals surface area contributed by atoms with Crippen LogP contribution in [0.25, 0.3) is 0 Å². The van der Waals surface area contributed by atoms with Crippen LogP contribution in [0.5, 0.6) is 0 Å². The third-order valence-corrected chi connectivity index (χ3v) is 1.48.